The maximum Gasteiger partial charge on any atom is 0.325 e. The third-order valence-electron chi connectivity index (χ3n) is 4.99. The summed E-state index contributed by atoms with van der Waals surface area (Å²) in [4.78, 5) is 38.6. The summed E-state index contributed by atoms with van der Waals surface area (Å²) in [6.07, 6.45) is 1.77. The predicted octanol–water partition coefficient (Wildman–Crippen LogP) is 1.74. The Morgan fingerprint density at radius 1 is 1.28 bits per heavy atom. The average Bonchev–Trinajstić information content (AvgIpc) is 3.39. The van der Waals surface area contributed by atoms with Gasteiger partial charge in [-0.05, 0) is 43.7 Å². The second kappa shape index (κ2) is 7.16. The minimum atomic E-state index is -1.16. The van der Waals surface area contributed by atoms with E-state index in [9.17, 15) is 14.4 Å². The van der Waals surface area contributed by atoms with Gasteiger partial charge in [0.1, 0.15) is 17.8 Å². The summed E-state index contributed by atoms with van der Waals surface area (Å²) in [5.41, 5.74) is -0.347. The van der Waals surface area contributed by atoms with Crippen molar-refractivity contribution in [3.05, 3.63) is 47.9 Å². The Morgan fingerprint density at radius 2 is 2.07 bits per heavy atom. The van der Waals surface area contributed by atoms with Crippen molar-refractivity contribution in [2.24, 2.45) is 0 Å². The van der Waals surface area contributed by atoms with E-state index in [0.717, 1.165) is 10.5 Å². The SMILES string of the molecule is C[C@@H](NC(=O)CN1C(=O)N[C@@](C)(Cc2ccc3c(c2)OCO3)C1=O)c1ccco1. The molecule has 0 unspecified atom stereocenters. The average molecular weight is 399 g/mol. The van der Waals surface area contributed by atoms with Gasteiger partial charge in [0.25, 0.3) is 5.91 Å². The standard InChI is InChI=1S/C20H21N3O6/c1-12(14-4-3-7-27-14)21-17(24)10-23-18(25)20(2,22-19(23)26)9-13-5-6-15-16(8-13)29-11-28-15/h3-8,12H,9-11H2,1-2H3,(H,21,24)(H,22,26)/t12-,20+/m1/s1. The first kappa shape index (κ1) is 18.9. The van der Waals surface area contributed by atoms with Crippen molar-refractivity contribution in [3.8, 4) is 11.5 Å². The molecule has 4 rings (SSSR count). The van der Waals surface area contributed by atoms with E-state index in [0.29, 0.717) is 17.3 Å². The van der Waals surface area contributed by atoms with Gasteiger partial charge in [-0.2, -0.15) is 0 Å². The molecule has 2 N–H and O–H groups in total. The monoisotopic (exact) mass is 399 g/mol. The number of carbonyl (C=O) groups is 3. The van der Waals surface area contributed by atoms with Gasteiger partial charge in [-0.25, -0.2) is 4.79 Å². The number of carbonyl (C=O) groups excluding carboxylic acids is 3. The van der Waals surface area contributed by atoms with E-state index in [1.807, 2.05) is 6.07 Å². The molecule has 3 heterocycles. The van der Waals surface area contributed by atoms with Gasteiger partial charge in [0.2, 0.25) is 12.7 Å². The molecule has 1 saturated heterocycles. The first-order valence-electron chi connectivity index (χ1n) is 9.21. The van der Waals surface area contributed by atoms with E-state index in [-0.39, 0.29) is 25.8 Å². The molecule has 29 heavy (non-hydrogen) atoms. The van der Waals surface area contributed by atoms with Crippen molar-refractivity contribution < 1.29 is 28.3 Å². The number of imide groups is 1. The zero-order valence-corrected chi connectivity index (χ0v) is 16.1. The quantitative estimate of drug-likeness (QED) is 0.716. The van der Waals surface area contributed by atoms with E-state index >= 15 is 0 Å². The molecule has 2 aliphatic heterocycles. The van der Waals surface area contributed by atoms with Crippen LogP contribution in [0, 0.1) is 0 Å². The third kappa shape index (κ3) is 3.63. The van der Waals surface area contributed by atoms with E-state index < -0.39 is 23.4 Å². The maximum absolute atomic E-state index is 12.9. The summed E-state index contributed by atoms with van der Waals surface area (Å²) in [6, 6.07) is 7.85. The van der Waals surface area contributed by atoms with Crippen LogP contribution in [0.5, 0.6) is 11.5 Å². The number of nitrogens with one attached hydrogen (secondary N) is 2. The minimum absolute atomic E-state index is 0.158. The number of ether oxygens (including phenoxy) is 2. The van der Waals surface area contributed by atoms with Crippen LogP contribution in [0.4, 0.5) is 4.79 Å². The van der Waals surface area contributed by atoms with Crippen molar-refractivity contribution in [1.29, 1.82) is 0 Å². The number of rotatable bonds is 6. The smallest absolute Gasteiger partial charge is 0.325 e. The largest absolute Gasteiger partial charge is 0.467 e. The number of hydrogen-bond acceptors (Lipinski definition) is 6. The zero-order chi connectivity index (χ0) is 20.6. The van der Waals surface area contributed by atoms with Crippen LogP contribution in [0.25, 0.3) is 0 Å². The minimum Gasteiger partial charge on any atom is -0.467 e. The fraction of sp³-hybridized carbons (Fsp3) is 0.350. The van der Waals surface area contributed by atoms with Gasteiger partial charge >= 0.3 is 6.03 Å². The molecule has 4 amide bonds. The molecule has 0 aliphatic carbocycles. The normalized spacial score (nSPS) is 21.2. The summed E-state index contributed by atoms with van der Waals surface area (Å²) in [5.74, 6) is 0.921. The molecule has 0 saturated carbocycles. The van der Waals surface area contributed by atoms with Crippen LogP contribution >= 0.6 is 0 Å². The maximum atomic E-state index is 12.9. The van der Waals surface area contributed by atoms with Crippen LogP contribution in [0.2, 0.25) is 0 Å². The Morgan fingerprint density at radius 3 is 2.83 bits per heavy atom. The first-order chi connectivity index (χ1) is 13.9. The van der Waals surface area contributed by atoms with Gasteiger partial charge in [-0.15, -0.1) is 0 Å². The van der Waals surface area contributed by atoms with E-state index in [1.165, 1.54) is 6.26 Å². The molecule has 0 radical (unpaired) electrons. The molecule has 1 aromatic heterocycles. The number of fused-ring (bicyclic) bond motifs is 1. The number of furan rings is 1. The second-order valence-electron chi connectivity index (χ2n) is 7.32. The number of urea groups is 1. The Kier molecular flexibility index (Phi) is 4.65. The van der Waals surface area contributed by atoms with Crippen molar-refractivity contribution >= 4 is 17.8 Å². The fourth-order valence-electron chi connectivity index (χ4n) is 3.51. The molecular weight excluding hydrogens is 378 g/mol. The predicted molar refractivity (Wildman–Crippen MR) is 100 cm³/mol. The van der Waals surface area contributed by atoms with E-state index in [1.54, 1.807) is 38.1 Å². The second-order valence-corrected chi connectivity index (χ2v) is 7.32. The third-order valence-corrected chi connectivity index (χ3v) is 4.99. The molecule has 1 fully saturated rings. The van der Waals surface area contributed by atoms with E-state index in [4.69, 9.17) is 13.9 Å². The lowest BCUT2D eigenvalue weighted by Crippen LogP contribution is -2.47. The fourth-order valence-corrected chi connectivity index (χ4v) is 3.51. The molecule has 1 aromatic carbocycles. The van der Waals surface area contributed by atoms with Gasteiger partial charge < -0.3 is 24.5 Å². The number of nitrogens with zero attached hydrogens (tertiary/aromatic N) is 1. The highest BCUT2D eigenvalue weighted by Gasteiger charge is 2.48. The van der Waals surface area contributed by atoms with Crippen LogP contribution in [-0.2, 0) is 16.0 Å². The summed E-state index contributed by atoms with van der Waals surface area (Å²) in [6.45, 7) is 3.19. The van der Waals surface area contributed by atoms with Gasteiger partial charge in [0.05, 0.1) is 12.3 Å². The van der Waals surface area contributed by atoms with E-state index in [2.05, 4.69) is 10.6 Å². The topological polar surface area (TPSA) is 110 Å². The lowest BCUT2D eigenvalue weighted by molar-refractivity contribution is -0.134. The summed E-state index contributed by atoms with van der Waals surface area (Å²) >= 11 is 0. The van der Waals surface area contributed by atoms with Gasteiger partial charge in [-0.3, -0.25) is 14.5 Å². The number of hydrogen-bond donors (Lipinski definition) is 2. The highest BCUT2D eigenvalue weighted by molar-refractivity contribution is 6.09. The number of amides is 4. The number of benzene rings is 1. The van der Waals surface area contributed by atoms with Crippen LogP contribution in [0.1, 0.15) is 31.2 Å². The Balaban J connectivity index is 1.41. The lowest BCUT2D eigenvalue weighted by atomic mass is 9.92. The zero-order valence-electron chi connectivity index (χ0n) is 16.1. The highest BCUT2D eigenvalue weighted by Crippen LogP contribution is 2.34. The first-order valence-corrected chi connectivity index (χ1v) is 9.21. The van der Waals surface area contributed by atoms with Crippen molar-refractivity contribution in [1.82, 2.24) is 15.5 Å². The molecule has 2 aliphatic rings. The van der Waals surface area contributed by atoms with Gasteiger partial charge in [0.15, 0.2) is 11.5 Å². The summed E-state index contributed by atoms with van der Waals surface area (Å²) < 4.78 is 15.9. The molecule has 9 heteroatoms. The Labute approximate surface area is 166 Å². The summed E-state index contributed by atoms with van der Waals surface area (Å²) in [7, 11) is 0. The molecule has 152 valence electrons. The van der Waals surface area contributed by atoms with Crippen molar-refractivity contribution in [2.45, 2.75) is 31.8 Å². The highest BCUT2D eigenvalue weighted by atomic mass is 16.7. The molecule has 0 bridgehead atoms. The lowest BCUT2D eigenvalue weighted by Gasteiger charge is -2.22. The summed E-state index contributed by atoms with van der Waals surface area (Å²) in [5, 5.41) is 5.42. The van der Waals surface area contributed by atoms with Crippen LogP contribution in [0.3, 0.4) is 0 Å². The molecule has 9 nitrogen and oxygen atoms in total. The molecule has 2 atom stereocenters. The Hall–Kier alpha value is -3.49. The molecule has 2 aromatic rings. The van der Waals surface area contributed by atoms with Crippen LogP contribution < -0.4 is 20.1 Å². The van der Waals surface area contributed by atoms with Crippen LogP contribution in [0.15, 0.2) is 41.0 Å². The molecular formula is C20H21N3O6. The van der Waals surface area contributed by atoms with Crippen LogP contribution in [-0.4, -0.2) is 41.6 Å². The van der Waals surface area contributed by atoms with Gasteiger partial charge in [-0.1, -0.05) is 6.07 Å². The molecule has 0 spiro atoms. The Bertz CT molecular complexity index is 957. The van der Waals surface area contributed by atoms with Gasteiger partial charge in [0, 0.05) is 6.42 Å². The van der Waals surface area contributed by atoms with Crippen molar-refractivity contribution in [2.75, 3.05) is 13.3 Å². The van der Waals surface area contributed by atoms with Crippen molar-refractivity contribution in [3.63, 3.8) is 0 Å².